The van der Waals surface area contributed by atoms with E-state index < -0.39 is 23.8 Å². The summed E-state index contributed by atoms with van der Waals surface area (Å²) in [5.74, 6) is 0.689. The van der Waals surface area contributed by atoms with Gasteiger partial charge in [-0.2, -0.15) is 13.2 Å². The number of aromatic nitrogens is 3. The fraction of sp³-hybridized carbons (Fsp3) is 0.207. The maximum absolute atomic E-state index is 13.7. The van der Waals surface area contributed by atoms with Gasteiger partial charge >= 0.3 is 6.18 Å². The van der Waals surface area contributed by atoms with Crippen molar-refractivity contribution in [2.45, 2.75) is 31.6 Å². The molecule has 0 spiro atoms. The zero-order valence-corrected chi connectivity index (χ0v) is 22.1. The van der Waals surface area contributed by atoms with E-state index >= 15 is 0 Å². The van der Waals surface area contributed by atoms with Crippen LogP contribution >= 0.6 is 11.3 Å². The molecule has 3 aromatic heterocycles. The number of nitrogens with two attached hydrogens (primary N) is 2. The summed E-state index contributed by atoms with van der Waals surface area (Å²) in [6.07, 6.45) is -0.745. The molecule has 0 aliphatic carbocycles. The van der Waals surface area contributed by atoms with E-state index in [-0.39, 0.29) is 0 Å². The molecular weight excluding hydrogens is 523 g/mol. The summed E-state index contributed by atoms with van der Waals surface area (Å²) in [5.41, 5.74) is 16.2. The predicted molar refractivity (Wildman–Crippen MR) is 147 cm³/mol. The number of aryl methyl sites for hydroxylation is 1. The normalized spacial score (nSPS) is 13.4. The van der Waals surface area contributed by atoms with Crippen molar-refractivity contribution in [3.8, 4) is 28.3 Å². The molecule has 2 aromatic carbocycles. The number of fused-ring (bicyclic) bond motifs is 1. The topological polar surface area (TPSA) is 99.9 Å². The number of methoxy groups -OCH3 is 1. The van der Waals surface area contributed by atoms with Gasteiger partial charge < -0.3 is 16.2 Å². The number of halogens is 3. The molecule has 0 fully saturated rings. The lowest BCUT2D eigenvalue weighted by atomic mass is 9.96. The Morgan fingerprint density at radius 1 is 0.974 bits per heavy atom. The fourth-order valence-corrected chi connectivity index (χ4v) is 5.72. The summed E-state index contributed by atoms with van der Waals surface area (Å²) in [5, 5.41) is 0. The van der Waals surface area contributed by atoms with Crippen LogP contribution in [0.4, 0.5) is 13.2 Å². The van der Waals surface area contributed by atoms with Gasteiger partial charge in [0, 0.05) is 40.0 Å². The number of benzene rings is 2. The van der Waals surface area contributed by atoms with Gasteiger partial charge in [0.05, 0.1) is 34.6 Å². The summed E-state index contributed by atoms with van der Waals surface area (Å²) in [6, 6.07) is 15.6. The van der Waals surface area contributed by atoms with Crippen LogP contribution in [-0.2, 0) is 12.6 Å². The Bertz CT molecular complexity index is 1610. The number of hydrogen-bond donors (Lipinski definition) is 2. The van der Waals surface area contributed by atoms with Gasteiger partial charge in [-0.05, 0) is 49.2 Å². The molecule has 39 heavy (non-hydrogen) atoms. The molecule has 0 saturated carbocycles. The molecule has 0 radical (unpaired) electrons. The van der Waals surface area contributed by atoms with E-state index in [1.165, 1.54) is 24.5 Å². The predicted octanol–water partition coefficient (Wildman–Crippen LogP) is 6.33. The van der Waals surface area contributed by atoms with E-state index in [4.69, 9.17) is 26.2 Å². The van der Waals surface area contributed by atoms with Crippen molar-refractivity contribution in [1.29, 1.82) is 0 Å². The SMILES string of the molecule is COc1ccc(C(F)(F)F)cc1-c1c(C)sc2c(C(N)C(N)Cc3ccccc3)nc(-c3ccncc3)nc12. The lowest BCUT2D eigenvalue weighted by Gasteiger charge is -2.21. The van der Waals surface area contributed by atoms with Crippen molar-refractivity contribution in [3.05, 3.63) is 94.8 Å². The van der Waals surface area contributed by atoms with E-state index in [0.717, 1.165) is 22.6 Å². The molecule has 0 aliphatic heterocycles. The third-order valence-electron chi connectivity index (χ3n) is 6.56. The van der Waals surface area contributed by atoms with E-state index in [1.54, 1.807) is 24.5 Å². The van der Waals surface area contributed by atoms with Gasteiger partial charge in [-0.3, -0.25) is 4.98 Å². The van der Waals surface area contributed by atoms with E-state index in [2.05, 4.69) is 4.98 Å². The average Bonchev–Trinajstić information content (AvgIpc) is 3.27. The van der Waals surface area contributed by atoms with E-state index in [1.807, 2.05) is 37.3 Å². The number of alkyl halides is 3. The van der Waals surface area contributed by atoms with E-state index in [9.17, 15) is 13.2 Å². The number of pyridine rings is 1. The second-order valence-electron chi connectivity index (χ2n) is 9.17. The molecule has 0 amide bonds. The van der Waals surface area contributed by atoms with Crippen molar-refractivity contribution in [1.82, 2.24) is 15.0 Å². The lowest BCUT2D eigenvalue weighted by Crippen LogP contribution is -2.36. The van der Waals surface area contributed by atoms with Gasteiger partial charge in [-0.25, -0.2) is 9.97 Å². The van der Waals surface area contributed by atoms with Crippen molar-refractivity contribution < 1.29 is 17.9 Å². The molecule has 2 atom stereocenters. The maximum Gasteiger partial charge on any atom is 0.416 e. The summed E-state index contributed by atoms with van der Waals surface area (Å²) < 4.78 is 47.2. The minimum absolute atomic E-state index is 0.295. The molecule has 200 valence electrons. The van der Waals surface area contributed by atoms with Crippen molar-refractivity contribution in [2.75, 3.05) is 7.11 Å². The Labute approximate surface area is 227 Å². The van der Waals surface area contributed by atoms with Crippen LogP contribution in [0.15, 0.2) is 73.1 Å². The van der Waals surface area contributed by atoms with Crippen molar-refractivity contribution >= 4 is 21.6 Å². The van der Waals surface area contributed by atoms with Gasteiger partial charge in [-0.1, -0.05) is 30.3 Å². The Kier molecular flexibility index (Phi) is 7.35. The monoisotopic (exact) mass is 549 g/mol. The number of nitrogens with zero attached hydrogens (tertiary/aromatic N) is 3. The summed E-state index contributed by atoms with van der Waals surface area (Å²) in [6.45, 7) is 1.84. The highest BCUT2D eigenvalue weighted by Crippen LogP contribution is 2.45. The summed E-state index contributed by atoms with van der Waals surface area (Å²) >= 11 is 1.38. The first kappa shape index (κ1) is 26.7. The van der Waals surface area contributed by atoms with Crippen molar-refractivity contribution in [2.24, 2.45) is 11.5 Å². The standard InChI is InChI=1S/C29H26F3N5OS/c1-16-23(20-15-19(29(30,31)32)8-9-22(20)38-2)25-27(39-16)26(37-28(36-25)18-10-12-35-13-11-18)24(34)21(33)14-17-6-4-3-5-7-17/h3-13,15,21,24H,14,33-34H2,1-2H3. The van der Waals surface area contributed by atoms with Crippen molar-refractivity contribution in [3.63, 3.8) is 0 Å². The first-order valence-electron chi connectivity index (χ1n) is 12.2. The summed E-state index contributed by atoms with van der Waals surface area (Å²) in [7, 11) is 1.43. The first-order valence-corrected chi connectivity index (χ1v) is 13.0. The molecule has 0 saturated heterocycles. The Morgan fingerprint density at radius 2 is 1.69 bits per heavy atom. The van der Waals surface area contributed by atoms with Crippen LogP contribution in [0.3, 0.4) is 0 Å². The van der Waals surface area contributed by atoms with Crippen LogP contribution in [0.5, 0.6) is 5.75 Å². The first-order chi connectivity index (χ1) is 18.7. The fourth-order valence-electron chi connectivity index (χ4n) is 4.58. The van der Waals surface area contributed by atoms with Gasteiger partial charge in [0.25, 0.3) is 0 Å². The van der Waals surface area contributed by atoms with E-state index in [0.29, 0.717) is 50.6 Å². The van der Waals surface area contributed by atoms with Gasteiger partial charge in [0.2, 0.25) is 0 Å². The van der Waals surface area contributed by atoms with Gasteiger partial charge in [0.15, 0.2) is 5.82 Å². The molecule has 6 nitrogen and oxygen atoms in total. The average molecular weight is 550 g/mol. The Morgan fingerprint density at radius 3 is 2.36 bits per heavy atom. The largest absolute Gasteiger partial charge is 0.496 e. The maximum atomic E-state index is 13.7. The third kappa shape index (κ3) is 5.36. The van der Waals surface area contributed by atoms with Crippen LogP contribution in [0.1, 0.15) is 27.7 Å². The van der Waals surface area contributed by atoms with Crippen LogP contribution in [0.25, 0.3) is 32.7 Å². The molecule has 2 unspecified atom stereocenters. The van der Waals surface area contributed by atoms with Crippen LogP contribution < -0.4 is 16.2 Å². The Balaban J connectivity index is 1.73. The zero-order chi connectivity index (χ0) is 27.7. The number of hydrogen-bond acceptors (Lipinski definition) is 7. The number of rotatable bonds is 7. The highest BCUT2D eigenvalue weighted by molar-refractivity contribution is 7.19. The third-order valence-corrected chi connectivity index (χ3v) is 7.68. The van der Waals surface area contributed by atoms with Gasteiger partial charge in [-0.15, -0.1) is 11.3 Å². The molecule has 5 rings (SSSR count). The number of ether oxygens (including phenoxy) is 1. The summed E-state index contributed by atoms with van der Waals surface area (Å²) in [4.78, 5) is 14.5. The number of thiophene rings is 1. The highest BCUT2D eigenvalue weighted by atomic mass is 32.1. The second-order valence-corrected chi connectivity index (χ2v) is 10.4. The lowest BCUT2D eigenvalue weighted by molar-refractivity contribution is -0.137. The zero-order valence-electron chi connectivity index (χ0n) is 21.2. The highest BCUT2D eigenvalue weighted by Gasteiger charge is 2.33. The smallest absolute Gasteiger partial charge is 0.416 e. The quantitative estimate of drug-likeness (QED) is 0.246. The Hall–Kier alpha value is -3.86. The molecule has 5 aromatic rings. The van der Waals surface area contributed by atoms with Crippen LogP contribution in [0, 0.1) is 6.92 Å². The molecular formula is C29H26F3N5OS. The minimum Gasteiger partial charge on any atom is -0.496 e. The molecule has 0 bridgehead atoms. The molecule has 4 N–H and O–H groups in total. The molecule has 10 heteroatoms. The molecule has 3 heterocycles. The molecule has 0 aliphatic rings. The van der Waals surface area contributed by atoms with Gasteiger partial charge in [0.1, 0.15) is 5.75 Å². The second kappa shape index (κ2) is 10.7. The van der Waals surface area contributed by atoms with Crippen LogP contribution in [-0.4, -0.2) is 28.1 Å². The minimum atomic E-state index is -4.52. The van der Waals surface area contributed by atoms with Crippen LogP contribution in [0.2, 0.25) is 0 Å².